The fraction of sp³-hybridized carbons (Fsp3) is 0.929. The second-order valence-electron chi connectivity index (χ2n) is 5.89. The molecule has 98 valence electrons. The van der Waals surface area contributed by atoms with Crippen molar-refractivity contribution in [1.29, 1.82) is 0 Å². The van der Waals surface area contributed by atoms with Gasteiger partial charge in [-0.1, -0.05) is 19.8 Å². The minimum atomic E-state index is -0.569. The molecule has 0 aliphatic heterocycles. The SMILES string of the molecule is CC1CCC(C(=O)O)C(SCC2CCCC2)C1. The Kier molecular flexibility index (Phi) is 4.78. The minimum Gasteiger partial charge on any atom is -0.481 e. The van der Waals surface area contributed by atoms with E-state index in [0.717, 1.165) is 25.2 Å². The van der Waals surface area contributed by atoms with Gasteiger partial charge >= 0.3 is 5.97 Å². The van der Waals surface area contributed by atoms with Crippen LogP contribution in [0.15, 0.2) is 0 Å². The number of aliphatic carboxylic acids is 1. The van der Waals surface area contributed by atoms with Crippen LogP contribution in [0, 0.1) is 17.8 Å². The third kappa shape index (κ3) is 3.64. The maximum Gasteiger partial charge on any atom is 0.307 e. The van der Waals surface area contributed by atoms with E-state index in [2.05, 4.69) is 6.92 Å². The normalized spacial score (nSPS) is 35.0. The molecular weight excluding hydrogens is 232 g/mol. The van der Waals surface area contributed by atoms with Crippen LogP contribution in [-0.2, 0) is 4.79 Å². The third-order valence-corrected chi connectivity index (χ3v) is 6.00. The van der Waals surface area contributed by atoms with Gasteiger partial charge in [-0.15, -0.1) is 0 Å². The largest absolute Gasteiger partial charge is 0.481 e. The van der Waals surface area contributed by atoms with E-state index in [4.69, 9.17) is 0 Å². The summed E-state index contributed by atoms with van der Waals surface area (Å²) in [7, 11) is 0. The first-order valence-electron chi connectivity index (χ1n) is 7.01. The second-order valence-corrected chi connectivity index (χ2v) is 7.16. The smallest absolute Gasteiger partial charge is 0.307 e. The molecule has 3 atom stereocenters. The van der Waals surface area contributed by atoms with Gasteiger partial charge in [-0.3, -0.25) is 4.79 Å². The van der Waals surface area contributed by atoms with Gasteiger partial charge in [0.1, 0.15) is 0 Å². The molecule has 0 aromatic heterocycles. The van der Waals surface area contributed by atoms with Gasteiger partial charge in [0.2, 0.25) is 0 Å². The Morgan fingerprint density at radius 2 is 1.94 bits per heavy atom. The maximum atomic E-state index is 11.3. The van der Waals surface area contributed by atoms with Crippen LogP contribution in [0.5, 0.6) is 0 Å². The molecular formula is C14H24O2S. The van der Waals surface area contributed by atoms with Crippen LogP contribution >= 0.6 is 11.8 Å². The van der Waals surface area contributed by atoms with Gasteiger partial charge in [-0.05, 0) is 49.7 Å². The van der Waals surface area contributed by atoms with E-state index in [1.165, 1.54) is 31.4 Å². The first kappa shape index (κ1) is 13.3. The van der Waals surface area contributed by atoms with E-state index in [9.17, 15) is 9.90 Å². The van der Waals surface area contributed by atoms with Crippen molar-refractivity contribution < 1.29 is 9.90 Å². The molecule has 1 N–H and O–H groups in total. The first-order chi connectivity index (χ1) is 8.16. The molecule has 2 nitrogen and oxygen atoms in total. The van der Waals surface area contributed by atoms with Gasteiger partial charge < -0.3 is 5.11 Å². The van der Waals surface area contributed by atoms with Crippen molar-refractivity contribution in [2.45, 2.75) is 57.1 Å². The van der Waals surface area contributed by atoms with Crippen LogP contribution < -0.4 is 0 Å². The highest BCUT2D eigenvalue weighted by atomic mass is 32.2. The highest BCUT2D eigenvalue weighted by Gasteiger charge is 2.34. The molecule has 0 spiro atoms. The van der Waals surface area contributed by atoms with Crippen LogP contribution in [0.2, 0.25) is 0 Å². The first-order valence-corrected chi connectivity index (χ1v) is 8.06. The molecule has 0 bridgehead atoms. The third-order valence-electron chi connectivity index (χ3n) is 4.39. The summed E-state index contributed by atoms with van der Waals surface area (Å²) in [6, 6.07) is 0. The Morgan fingerprint density at radius 1 is 1.24 bits per heavy atom. The van der Waals surface area contributed by atoms with Crippen molar-refractivity contribution in [1.82, 2.24) is 0 Å². The van der Waals surface area contributed by atoms with E-state index in [1.807, 2.05) is 11.8 Å². The number of rotatable bonds is 4. The Morgan fingerprint density at radius 3 is 2.59 bits per heavy atom. The van der Waals surface area contributed by atoms with Gasteiger partial charge in [0, 0.05) is 5.25 Å². The molecule has 2 rings (SSSR count). The van der Waals surface area contributed by atoms with Crippen molar-refractivity contribution in [3.8, 4) is 0 Å². The molecule has 2 saturated carbocycles. The van der Waals surface area contributed by atoms with Gasteiger partial charge in [0.25, 0.3) is 0 Å². The average molecular weight is 256 g/mol. The molecule has 0 saturated heterocycles. The molecule has 0 aromatic carbocycles. The zero-order valence-corrected chi connectivity index (χ0v) is 11.5. The van der Waals surface area contributed by atoms with Crippen molar-refractivity contribution in [2.75, 3.05) is 5.75 Å². The monoisotopic (exact) mass is 256 g/mol. The zero-order valence-electron chi connectivity index (χ0n) is 10.7. The lowest BCUT2D eigenvalue weighted by Crippen LogP contribution is -2.32. The van der Waals surface area contributed by atoms with Crippen molar-refractivity contribution in [3.05, 3.63) is 0 Å². The predicted octanol–water partition coefficient (Wildman–Crippen LogP) is 3.80. The predicted molar refractivity (Wildman–Crippen MR) is 72.3 cm³/mol. The van der Waals surface area contributed by atoms with Crippen LogP contribution in [0.3, 0.4) is 0 Å². The van der Waals surface area contributed by atoms with Crippen LogP contribution in [0.25, 0.3) is 0 Å². The Labute approximate surface area is 109 Å². The van der Waals surface area contributed by atoms with Gasteiger partial charge in [-0.2, -0.15) is 11.8 Å². The molecule has 3 heteroatoms. The molecule has 0 heterocycles. The number of hydrogen-bond donors (Lipinski definition) is 1. The van der Waals surface area contributed by atoms with E-state index in [1.54, 1.807) is 0 Å². The fourth-order valence-corrected chi connectivity index (χ4v) is 5.03. The number of hydrogen-bond acceptors (Lipinski definition) is 2. The second kappa shape index (κ2) is 6.12. The number of carboxylic acid groups (broad SMARTS) is 1. The molecule has 3 unspecified atom stereocenters. The summed E-state index contributed by atoms with van der Waals surface area (Å²) in [6.45, 7) is 2.27. The summed E-state index contributed by atoms with van der Waals surface area (Å²) in [4.78, 5) is 11.3. The maximum absolute atomic E-state index is 11.3. The van der Waals surface area contributed by atoms with Crippen LogP contribution in [0.4, 0.5) is 0 Å². The highest BCUT2D eigenvalue weighted by Crippen LogP contribution is 2.39. The molecule has 2 aliphatic carbocycles. The minimum absolute atomic E-state index is 0.0856. The van der Waals surface area contributed by atoms with Gasteiger partial charge in [0.05, 0.1) is 5.92 Å². The molecule has 2 aliphatic rings. The van der Waals surface area contributed by atoms with E-state index < -0.39 is 5.97 Å². The summed E-state index contributed by atoms with van der Waals surface area (Å²) in [5, 5.41) is 9.65. The summed E-state index contributed by atoms with van der Waals surface area (Å²) < 4.78 is 0. The van der Waals surface area contributed by atoms with Crippen LogP contribution in [-0.4, -0.2) is 22.1 Å². The highest BCUT2D eigenvalue weighted by molar-refractivity contribution is 7.99. The van der Waals surface area contributed by atoms with E-state index in [-0.39, 0.29) is 5.92 Å². The quantitative estimate of drug-likeness (QED) is 0.831. The van der Waals surface area contributed by atoms with Crippen molar-refractivity contribution in [3.63, 3.8) is 0 Å². The van der Waals surface area contributed by atoms with Gasteiger partial charge in [0.15, 0.2) is 0 Å². The number of thioether (sulfide) groups is 1. The average Bonchev–Trinajstić information content (AvgIpc) is 2.78. The number of carboxylic acids is 1. The lowest BCUT2D eigenvalue weighted by Gasteiger charge is -2.32. The molecule has 0 radical (unpaired) electrons. The number of carbonyl (C=O) groups is 1. The standard InChI is InChI=1S/C14H24O2S/c1-10-6-7-12(14(15)16)13(8-10)17-9-11-4-2-3-5-11/h10-13H,2-9H2,1H3,(H,15,16). The Bertz CT molecular complexity index is 261. The van der Waals surface area contributed by atoms with Crippen molar-refractivity contribution >= 4 is 17.7 Å². The van der Waals surface area contributed by atoms with Gasteiger partial charge in [-0.25, -0.2) is 0 Å². The molecule has 2 fully saturated rings. The lowest BCUT2D eigenvalue weighted by molar-refractivity contribution is -0.142. The summed E-state index contributed by atoms with van der Waals surface area (Å²) >= 11 is 1.95. The molecule has 0 amide bonds. The van der Waals surface area contributed by atoms with Crippen molar-refractivity contribution in [2.24, 2.45) is 17.8 Å². The lowest BCUT2D eigenvalue weighted by atomic mass is 9.82. The van der Waals surface area contributed by atoms with E-state index in [0.29, 0.717) is 11.2 Å². The topological polar surface area (TPSA) is 37.3 Å². The summed E-state index contributed by atoms with van der Waals surface area (Å²) in [5.74, 6) is 2.12. The zero-order chi connectivity index (χ0) is 12.3. The summed E-state index contributed by atoms with van der Waals surface area (Å²) in [6.07, 6.45) is 8.59. The molecule has 0 aromatic rings. The van der Waals surface area contributed by atoms with Crippen LogP contribution in [0.1, 0.15) is 51.9 Å². The summed E-state index contributed by atoms with van der Waals surface area (Å²) in [5.41, 5.74) is 0. The Hall–Kier alpha value is -0.180. The Balaban J connectivity index is 1.83. The van der Waals surface area contributed by atoms with E-state index >= 15 is 0 Å². The molecule has 17 heavy (non-hydrogen) atoms. The fourth-order valence-electron chi connectivity index (χ4n) is 3.23.